The summed E-state index contributed by atoms with van der Waals surface area (Å²) < 4.78 is 0. The number of carbonyl (C=O) groups is 2. The summed E-state index contributed by atoms with van der Waals surface area (Å²) in [7, 11) is 3.68. The van der Waals surface area contributed by atoms with Gasteiger partial charge in [0.25, 0.3) is 0 Å². The number of rotatable bonds is 4. The molecule has 0 radical (unpaired) electrons. The van der Waals surface area contributed by atoms with Crippen molar-refractivity contribution in [1.29, 1.82) is 0 Å². The number of carbonyl (C=O) groups excluding carboxylic acids is 2. The van der Waals surface area contributed by atoms with Gasteiger partial charge in [0.1, 0.15) is 0 Å². The highest BCUT2D eigenvalue weighted by Crippen LogP contribution is 2.52. The monoisotopic (exact) mass is 382 g/mol. The van der Waals surface area contributed by atoms with Gasteiger partial charge in [0.15, 0.2) is 0 Å². The minimum atomic E-state index is 0.151. The molecule has 1 saturated carbocycles. The lowest BCUT2D eigenvalue weighted by Gasteiger charge is -2.40. The lowest BCUT2D eigenvalue weighted by Crippen LogP contribution is -2.44. The fourth-order valence-electron chi connectivity index (χ4n) is 5.85. The Labute approximate surface area is 169 Å². The van der Waals surface area contributed by atoms with Crippen molar-refractivity contribution in [3.8, 4) is 0 Å². The van der Waals surface area contributed by atoms with Crippen molar-refractivity contribution in [1.82, 2.24) is 9.80 Å². The lowest BCUT2D eigenvalue weighted by atomic mass is 9.73. The van der Waals surface area contributed by atoms with Gasteiger partial charge in [-0.05, 0) is 60.5 Å². The zero-order valence-corrected chi connectivity index (χ0v) is 17.5. The van der Waals surface area contributed by atoms with E-state index in [4.69, 9.17) is 0 Å². The quantitative estimate of drug-likeness (QED) is 0.787. The van der Waals surface area contributed by atoms with E-state index < -0.39 is 0 Å². The van der Waals surface area contributed by atoms with E-state index in [-0.39, 0.29) is 11.3 Å². The number of hydrogen-bond acceptors (Lipinski definition) is 2. The lowest BCUT2D eigenvalue weighted by molar-refractivity contribution is -0.133. The molecule has 1 heterocycles. The van der Waals surface area contributed by atoms with E-state index in [0.29, 0.717) is 24.2 Å². The maximum atomic E-state index is 12.8. The Morgan fingerprint density at radius 2 is 1.75 bits per heavy atom. The van der Waals surface area contributed by atoms with Crippen LogP contribution >= 0.6 is 0 Å². The maximum Gasteiger partial charge on any atom is 0.222 e. The molecular formula is C24H34N2O2. The molecule has 1 aliphatic heterocycles. The first kappa shape index (κ1) is 19.5. The molecule has 1 spiro atoms. The second-order valence-electron chi connectivity index (χ2n) is 9.50. The molecule has 0 N–H and O–H groups in total. The predicted octanol–water partition coefficient (Wildman–Crippen LogP) is 4.09. The van der Waals surface area contributed by atoms with Crippen LogP contribution in [0.25, 0.3) is 0 Å². The molecular weight excluding hydrogens is 348 g/mol. The Morgan fingerprint density at radius 3 is 2.43 bits per heavy atom. The van der Waals surface area contributed by atoms with Crippen LogP contribution < -0.4 is 0 Å². The van der Waals surface area contributed by atoms with Crippen LogP contribution in [0.5, 0.6) is 0 Å². The number of piperidine rings is 1. The van der Waals surface area contributed by atoms with Crippen molar-refractivity contribution in [2.45, 2.75) is 69.1 Å². The maximum absolute atomic E-state index is 12.8. The van der Waals surface area contributed by atoms with Gasteiger partial charge in [-0.1, -0.05) is 37.1 Å². The van der Waals surface area contributed by atoms with Crippen LogP contribution in [0.15, 0.2) is 24.3 Å². The van der Waals surface area contributed by atoms with Crippen molar-refractivity contribution in [2.24, 2.45) is 5.92 Å². The molecule has 0 aromatic heterocycles. The predicted molar refractivity (Wildman–Crippen MR) is 111 cm³/mol. The Kier molecular flexibility index (Phi) is 5.48. The largest absolute Gasteiger partial charge is 0.349 e. The van der Waals surface area contributed by atoms with Gasteiger partial charge in [-0.3, -0.25) is 9.59 Å². The van der Waals surface area contributed by atoms with Gasteiger partial charge >= 0.3 is 0 Å². The summed E-state index contributed by atoms with van der Waals surface area (Å²) in [6.45, 7) is 1.74. The second-order valence-corrected chi connectivity index (χ2v) is 9.50. The summed E-state index contributed by atoms with van der Waals surface area (Å²) in [5.74, 6) is 1.51. The summed E-state index contributed by atoms with van der Waals surface area (Å²) in [6, 6.07) is 8.72. The van der Waals surface area contributed by atoms with E-state index in [2.05, 4.69) is 29.2 Å². The minimum Gasteiger partial charge on any atom is -0.349 e. The van der Waals surface area contributed by atoms with Gasteiger partial charge in [-0.2, -0.15) is 0 Å². The summed E-state index contributed by atoms with van der Waals surface area (Å²) in [5.41, 5.74) is 2.95. The molecule has 1 saturated heterocycles. The fourth-order valence-corrected chi connectivity index (χ4v) is 5.85. The number of benzene rings is 1. The molecule has 0 bridgehead atoms. The van der Waals surface area contributed by atoms with Crippen LogP contribution in [0.2, 0.25) is 0 Å². The summed E-state index contributed by atoms with van der Waals surface area (Å²) in [5, 5.41) is 0. The highest BCUT2D eigenvalue weighted by Gasteiger charge is 2.46. The van der Waals surface area contributed by atoms with Crippen molar-refractivity contribution in [3.05, 3.63) is 35.4 Å². The molecule has 4 heteroatoms. The molecule has 152 valence electrons. The van der Waals surface area contributed by atoms with Gasteiger partial charge in [0, 0.05) is 40.0 Å². The van der Waals surface area contributed by atoms with Gasteiger partial charge in [-0.25, -0.2) is 0 Å². The zero-order valence-electron chi connectivity index (χ0n) is 17.5. The van der Waals surface area contributed by atoms with Gasteiger partial charge in [0.2, 0.25) is 11.8 Å². The van der Waals surface area contributed by atoms with E-state index in [1.165, 1.54) is 36.8 Å². The molecule has 0 unspecified atom stereocenters. The standard InChI is InChI=1S/C24H34N2O2/c1-25(2)22(27)16-19-17-24(21-10-6-5-9-20(19)21)11-13-26(14-12-24)23(28)15-18-7-3-4-8-18/h5-6,9-10,18-19H,3-4,7-8,11-17H2,1-2H3/t19-/m0/s1. The molecule has 3 aliphatic rings. The second kappa shape index (κ2) is 7.88. The average molecular weight is 383 g/mol. The smallest absolute Gasteiger partial charge is 0.222 e. The van der Waals surface area contributed by atoms with Gasteiger partial charge in [0.05, 0.1) is 0 Å². The molecule has 1 atom stereocenters. The van der Waals surface area contributed by atoms with Crippen LogP contribution in [-0.2, 0) is 15.0 Å². The third-order valence-corrected chi connectivity index (χ3v) is 7.54. The number of likely N-dealkylation sites (tertiary alicyclic amines) is 1. The van der Waals surface area contributed by atoms with E-state index >= 15 is 0 Å². The van der Waals surface area contributed by atoms with Crippen LogP contribution in [0.3, 0.4) is 0 Å². The Bertz CT molecular complexity index is 728. The minimum absolute atomic E-state index is 0.151. The van der Waals surface area contributed by atoms with Crippen molar-refractivity contribution >= 4 is 11.8 Å². The van der Waals surface area contributed by atoms with Crippen LogP contribution in [-0.4, -0.2) is 48.8 Å². The highest BCUT2D eigenvalue weighted by molar-refractivity contribution is 5.77. The first-order valence-electron chi connectivity index (χ1n) is 11.1. The van der Waals surface area contributed by atoms with Gasteiger partial charge in [-0.15, -0.1) is 0 Å². The molecule has 28 heavy (non-hydrogen) atoms. The molecule has 2 amide bonds. The third-order valence-electron chi connectivity index (χ3n) is 7.54. The normalized spacial score (nSPS) is 23.8. The van der Waals surface area contributed by atoms with Crippen molar-refractivity contribution < 1.29 is 9.59 Å². The van der Waals surface area contributed by atoms with E-state index in [0.717, 1.165) is 38.8 Å². The third kappa shape index (κ3) is 3.70. The van der Waals surface area contributed by atoms with E-state index in [9.17, 15) is 9.59 Å². The number of nitrogens with zero attached hydrogens (tertiary/aromatic N) is 2. The van der Waals surface area contributed by atoms with Crippen molar-refractivity contribution in [3.63, 3.8) is 0 Å². The first-order chi connectivity index (χ1) is 13.5. The SMILES string of the molecule is CN(C)C(=O)C[C@H]1CC2(CCN(C(=O)CC3CCCC3)CC2)c2ccccc21. The molecule has 2 aliphatic carbocycles. The molecule has 4 rings (SSSR count). The zero-order chi connectivity index (χ0) is 19.7. The summed E-state index contributed by atoms with van der Waals surface area (Å²) in [4.78, 5) is 28.9. The van der Waals surface area contributed by atoms with Crippen LogP contribution in [0, 0.1) is 5.92 Å². The van der Waals surface area contributed by atoms with Crippen LogP contribution in [0.4, 0.5) is 0 Å². The Morgan fingerprint density at radius 1 is 1.07 bits per heavy atom. The number of amides is 2. The number of fused-ring (bicyclic) bond motifs is 2. The van der Waals surface area contributed by atoms with Crippen LogP contribution in [0.1, 0.15) is 74.8 Å². The summed E-state index contributed by atoms with van der Waals surface area (Å²) >= 11 is 0. The van der Waals surface area contributed by atoms with E-state index in [1.807, 2.05) is 14.1 Å². The Hall–Kier alpha value is -1.84. The topological polar surface area (TPSA) is 40.6 Å². The first-order valence-corrected chi connectivity index (χ1v) is 11.1. The Balaban J connectivity index is 1.44. The molecule has 2 fully saturated rings. The van der Waals surface area contributed by atoms with E-state index in [1.54, 1.807) is 4.90 Å². The van der Waals surface area contributed by atoms with Crippen molar-refractivity contribution in [2.75, 3.05) is 27.2 Å². The molecule has 4 nitrogen and oxygen atoms in total. The average Bonchev–Trinajstić information content (AvgIpc) is 3.30. The van der Waals surface area contributed by atoms with Gasteiger partial charge < -0.3 is 9.80 Å². The number of hydrogen-bond donors (Lipinski definition) is 0. The molecule has 1 aromatic carbocycles. The molecule has 1 aromatic rings. The summed E-state index contributed by atoms with van der Waals surface area (Å²) in [6.07, 6.45) is 9.53. The highest BCUT2D eigenvalue weighted by atomic mass is 16.2. The fraction of sp³-hybridized carbons (Fsp3) is 0.667.